The number of hydrogen-bond acceptors (Lipinski definition) is 4. The predicted molar refractivity (Wildman–Crippen MR) is 112 cm³/mol. The van der Waals surface area contributed by atoms with Crippen LogP contribution in [-0.2, 0) is 0 Å². The third-order valence-electron chi connectivity index (χ3n) is 5.30. The lowest BCUT2D eigenvalue weighted by Gasteiger charge is -2.08. The minimum absolute atomic E-state index is 0.163. The summed E-state index contributed by atoms with van der Waals surface area (Å²) < 4.78 is 15.6. The van der Waals surface area contributed by atoms with E-state index in [1.807, 2.05) is 26.0 Å². The third kappa shape index (κ3) is 3.45. The molecule has 5 rings (SSSR count). The molecule has 0 saturated heterocycles. The van der Waals surface area contributed by atoms with E-state index in [1.165, 1.54) is 6.20 Å². The first-order valence-corrected chi connectivity index (χ1v) is 9.94. The Bertz CT molecular complexity index is 1340. The van der Waals surface area contributed by atoms with E-state index >= 15 is 0 Å². The molecule has 1 unspecified atom stereocenters. The van der Waals surface area contributed by atoms with E-state index in [0.717, 1.165) is 17.5 Å². The van der Waals surface area contributed by atoms with Crippen molar-refractivity contribution in [2.45, 2.75) is 39.0 Å². The lowest BCUT2D eigenvalue weighted by Crippen LogP contribution is -2.23. The summed E-state index contributed by atoms with van der Waals surface area (Å²) in [4.78, 5) is 32.6. The number of aryl methyl sites for hydroxylation is 1. The molecule has 1 aliphatic carbocycles. The highest BCUT2D eigenvalue weighted by molar-refractivity contribution is 5.63. The van der Waals surface area contributed by atoms with Crippen molar-refractivity contribution in [2.75, 3.05) is 0 Å². The SMILES string of the molecule is CC.Cc1ccc([C@H]2CC2c2cc(-c3c[nH]c(=O)[nH]c3=O)nn3ccnc23)cc1F. The molecule has 0 radical (unpaired) electrons. The summed E-state index contributed by atoms with van der Waals surface area (Å²) in [6.07, 6.45) is 5.59. The molecular weight excluding hydrogens is 385 g/mol. The molecule has 0 spiro atoms. The van der Waals surface area contributed by atoms with Crippen LogP contribution in [0.5, 0.6) is 0 Å². The zero-order valence-electron chi connectivity index (χ0n) is 16.9. The van der Waals surface area contributed by atoms with E-state index in [9.17, 15) is 14.0 Å². The van der Waals surface area contributed by atoms with Crippen LogP contribution < -0.4 is 11.2 Å². The van der Waals surface area contributed by atoms with Crippen LogP contribution in [0.15, 0.2) is 52.4 Å². The summed E-state index contributed by atoms with van der Waals surface area (Å²) >= 11 is 0. The van der Waals surface area contributed by atoms with E-state index in [-0.39, 0.29) is 23.2 Å². The Kier molecular flexibility index (Phi) is 5.07. The van der Waals surface area contributed by atoms with Crippen LogP contribution in [0, 0.1) is 12.7 Å². The van der Waals surface area contributed by atoms with E-state index in [4.69, 9.17) is 0 Å². The Balaban J connectivity index is 0.00000106. The number of halogens is 1. The number of rotatable bonds is 3. The number of aromatic nitrogens is 5. The van der Waals surface area contributed by atoms with Gasteiger partial charge in [0.1, 0.15) is 5.82 Å². The largest absolute Gasteiger partial charge is 0.325 e. The fourth-order valence-corrected chi connectivity index (χ4v) is 3.69. The number of benzene rings is 1. The normalized spacial score (nSPS) is 17.5. The molecule has 3 aromatic heterocycles. The fourth-order valence-electron chi connectivity index (χ4n) is 3.69. The van der Waals surface area contributed by atoms with E-state index < -0.39 is 11.2 Å². The predicted octanol–water partition coefficient (Wildman–Crippen LogP) is 3.52. The van der Waals surface area contributed by atoms with Crippen molar-refractivity contribution in [1.29, 1.82) is 0 Å². The molecule has 30 heavy (non-hydrogen) atoms. The molecule has 1 aromatic carbocycles. The highest BCUT2D eigenvalue weighted by Crippen LogP contribution is 2.55. The molecule has 2 atom stereocenters. The van der Waals surface area contributed by atoms with Crippen LogP contribution in [0.2, 0.25) is 0 Å². The van der Waals surface area contributed by atoms with E-state index in [0.29, 0.717) is 16.9 Å². The van der Waals surface area contributed by atoms with Gasteiger partial charge in [-0.25, -0.2) is 18.7 Å². The van der Waals surface area contributed by atoms with Gasteiger partial charge >= 0.3 is 5.69 Å². The number of hydrogen-bond donors (Lipinski definition) is 2. The van der Waals surface area contributed by atoms with Crippen molar-refractivity contribution in [3.8, 4) is 11.3 Å². The first kappa shape index (κ1) is 19.8. The second kappa shape index (κ2) is 7.70. The van der Waals surface area contributed by atoms with Gasteiger partial charge in [0.25, 0.3) is 5.56 Å². The van der Waals surface area contributed by atoms with Gasteiger partial charge in [-0.05, 0) is 48.4 Å². The van der Waals surface area contributed by atoms with Gasteiger partial charge in [-0.2, -0.15) is 5.10 Å². The van der Waals surface area contributed by atoms with Crippen LogP contribution in [0.4, 0.5) is 4.39 Å². The number of imidazole rings is 1. The molecule has 2 N–H and O–H groups in total. The first-order valence-electron chi connectivity index (χ1n) is 9.94. The molecule has 0 bridgehead atoms. The number of nitrogens with one attached hydrogen (secondary N) is 2. The Hall–Kier alpha value is -3.55. The zero-order chi connectivity index (χ0) is 21.4. The van der Waals surface area contributed by atoms with Gasteiger partial charge in [-0.1, -0.05) is 26.0 Å². The van der Waals surface area contributed by atoms with Crippen molar-refractivity contribution >= 4 is 5.65 Å². The van der Waals surface area contributed by atoms with Crippen LogP contribution in [-0.4, -0.2) is 24.6 Å². The van der Waals surface area contributed by atoms with Gasteiger partial charge in [0, 0.05) is 24.2 Å². The summed E-state index contributed by atoms with van der Waals surface area (Å²) in [7, 11) is 0. The maximum atomic E-state index is 14.0. The van der Waals surface area contributed by atoms with Crippen molar-refractivity contribution < 1.29 is 4.39 Å². The monoisotopic (exact) mass is 407 g/mol. The molecular formula is C22H22FN5O2. The second-order valence-electron chi connectivity index (χ2n) is 7.12. The third-order valence-corrected chi connectivity index (χ3v) is 5.30. The van der Waals surface area contributed by atoms with Crippen LogP contribution in [0.3, 0.4) is 0 Å². The summed E-state index contributed by atoms with van der Waals surface area (Å²) in [5.74, 6) is 0.152. The van der Waals surface area contributed by atoms with Gasteiger partial charge in [-0.15, -0.1) is 0 Å². The van der Waals surface area contributed by atoms with Crippen LogP contribution in [0.25, 0.3) is 16.9 Å². The van der Waals surface area contributed by atoms with Gasteiger partial charge in [0.15, 0.2) is 5.65 Å². The smallest absolute Gasteiger partial charge is 0.313 e. The van der Waals surface area contributed by atoms with E-state index in [1.54, 1.807) is 36.0 Å². The Morgan fingerprint density at radius 2 is 1.97 bits per heavy atom. The molecule has 4 aromatic rings. The standard InChI is InChI=1S/C20H16FN5O2.C2H6/c1-10-2-3-11(6-16(10)21)12-7-13(12)14-8-17(25-26-5-4-22-18(14)26)15-9-23-20(28)24-19(15)27;1-2/h2-6,8-9,12-13H,7H2,1H3,(H2,23,24,27,28);1-2H3/t12-,13?;/m1./s1. The van der Waals surface area contributed by atoms with Crippen molar-refractivity contribution in [1.82, 2.24) is 24.6 Å². The first-order chi connectivity index (χ1) is 14.5. The molecule has 0 amide bonds. The fraction of sp³-hybridized carbons (Fsp3) is 0.273. The maximum absolute atomic E-state index is 14.0. The molecule has 0 aliphatic heterocycles. The van der Waals surface area contributed by atoms with Crippen LogP contribution >= 0.6 is 0 Å². The molecule has 1 fully saturated rings. The maximum Gasteiger partial charge on any atom is 0.325 e. The highest BCUT2D eigenvalue weighted by Gasteiger charge is 2.41. The number of aromatic amines is 2. The molecule has 8 heteroatoms. The van der Waals surface area contributed by atoms with Gasteiger partial charge in [-0.3, -0.25) is 9.78 Å². The minimum Gasteiger partial charge on any atom is -0.313 e. The lowest BCUT2D eigenvalue weighted by molar-refractivity contribution is 0.616. The Morgan fingerprint density at radius 3 is 2.70 bits per heavy atom. The average Bonchev–Trinajstić information content (AvgIpc) is 3.39. The van der Waals surface area contributed by atoms with Crippen LogP contribution in [0.1, 0.15) is 48.8 Å². The van der Waals surface area contributed by atoms with Gasteiger partial charge in [0.2, 0.25) is 0 Å². The van der Waals surface area contributed by atoms with Crippen molar-refractivity contribution in [3.05, 3.63) is 86.2 Å². The number of nitrogens with zero attached hydrogens (tertiary/aromatic N) is 3. The Labute approximate surface area is 171 Å². The zero-order valence-corrected chi connectivity index (χ0v) is 16.9. The lowest BCUT2D eigenvalue weighted by atomic mass is 10.0. The molecule has 1 saturated carbocycles. The van der Waals surface area contributed by atoms with Gasteiger partial charge in [0.05, 0.1) is 11.3 Å². The van der Waals surface area contributed by atoms with Gasteiger partial charge < -0.3 is 4.98 Å². The topological polar surface area (TPSA) is 95.9 Å². The highest BCUT2D eigenvalue weighted by atomic mass is 19.1. The molecule has 154 valence electrons. The molecule has 1 aliphatic rings. The number of fused-ring (bicyclic) bond motifs is 1. The Morgan fingerprint density at radius 1 is 1.17 bits per heavy atom. The van der Waals surface area contributed by atoms with Crippen molar-refractivity contribution in [3.63, 3.8) is 0 Å². The molecule has 3 heterocycles. The summed E-state index contributed by atoms with van der Waals surface area (Å²) in [5.41, 5.74) is 2.89. The quantitative estimate of drug-likeness (QED) is 0.543. The summed E-state index contributed by atoms with van der Waals surface area (Å²) in [5, 5.41) is 4.44. The average molecular weight is 407 g/mol. The second-order valence-corrected chi connectivity index (χ2v) is 7.12. The van der Waals surface area contributed by atoms with Crippen molar-refractivity contribution in [2.24, 2.45) is 0 Å². The minimum atomic E-state index is -0.568. The number of H-pyrrole nitrogens is 2. The summed E-state index contributed by atoms with van der Waals surface area (Å²) in [6, 6.07) is 7.18. The summed E-state index contributed by atoms with van der Waals surface area (Å²) in [6.45, 7) is 5.74. The molecule has 7 nitrogen and oxygen atoms in total. The van der Waals surface area contributed by atoms with E-state index in [2.05, 4.69) is 20.1 Å².